The molecule has 10 heteroatoms. The van der Waals surface area contributed by atoms with Gasteiger partial charge in [-0.15, -0.1) is 0 Å². The van der Waals surface area contributed by atoms with Gasteiger partial charge in [0.15, 0.2) is 0 Å². The molecule has 3 atom stereocenters. The van der Waals surface area contributed by atoms with E-state index >= 15 is 0 Å². The van der Waals surface area contributed by atoms with Gasteiger partial charge in [-0.05, 0) is 30.9 Å². The maximum Gasteiger partial charge on any atom is 0.258 e. The molecule has 4 heterocycles. The lowest BCUT2D eigenvalue weighted by molar-refractivity contribution is 0.0796. The van der Waals surface area contributed by atoms with Crippen LogP contribution in [-0.4, -0.2) is 49.2 Å². The lowest BCUT2D eigenvalue weighted by atomic mass is 10.1. The van der Waals surface area contributed by atoms with Crippen molar-refractivity contribution in [1.29, 1.82) is 0 Å². The number of nitrogens with one attached hydrogen (secondary N) is 1. The zero-order valence-electron chi connectivity index (χ0n) is 19.2. The van der Waals surface area contributed by atoms with Gasteiger partial charge in [0, 0.05) is 37.7 Å². The maximum atomic E-state index is 13.5. The molecule has 1 saturated heterocycles. The van der Waals surface area contributed by atoms with Crippen LogP contribution in [0.25, 0.3) is 0 Å². The van der Waals surface area contributed by atoms with Gasteiger partial charge in [0.2, 0.25) is 0 Å². The molecule has 1 saturated carbocycles. The molecule has 2 fully saturated rings. The summed E-state index contributed by atoms with van der Waals surface area (Å²) in [6.07, 6.45) is 7.58. The van der Waals surface area contributed by atoms with E-state index in [1.165, 1.54) is 5.69 Å². The second kappa shape index (κ2) is 7.61. The van der Waals surface area contributed by atoms with Crippen molar-refractivity contribution in [2.24, 2.45) is 18.9 Å². The van der Waals surface area contributed by atoms with Crippen molar-refractivity contribution in [3.8, 4) is 0 Å². The second-order valence-corrected chi connectivity index (χ2v) is 9.60. The summed E-state index contributed by atoms with van der Waals surface area (Å²) < 4.78 is 30.8. The number of fused-ring (bicyclic) bond motifs is 2. The largest absolute Gasteiger partial charge is 0.356 e. The molecule has 3 aliphatic rings. The summed E-state index contributed by atoms with van der Waals surface area (Å²) in [6, 6.07) is 3.82. The smallest absolute Gasteiger partial charge is 0.258 e. The third-order valence-corrected chi connectivity index (χ3v) is 7.54. The van der Waals surface area contributed by atoms with Gasteiger partial charge in [-0.25, -0.2) is 18.7 Å². The second-order valence-electron chi connectivity index (χ2n) is 9.60. The van der Waals surface area contributed by atoms with Crippen molar-refractivity contribution < 1.29 is 13.6 Å². The van der Waals surface area contributed by atoms with Gasteiger partial charge >= 0.3 is 0 Å². The van der Waals surface area contributed by atoms with Crippen molar-refractivity contribution in [2.45, 2.75) is 44.7 Å². The summed E-state index contributed by atoms with van der Waals surface area (Å²) in [5.74, 6) is -2.95. The summed E-state index contributed by atoms with van der Waals surface area (Å²) in [7, 11) is 1.97. The number of anilines is 1. The van der Waals surface area contributed by atoms with E-state index in [0.717, 1.165) is 42.0 Å². The van der Waals surface area contributed by atoms with Crippen LogP contribution in [0, 0.1) is 11.8 Å². The lowest BCUT2D eigenvalue weighted by Gasteiger charge is -2.22. The number of alkyl halides is 2. The number of nitrogens with zero attached hydrogens (tertiary/aromatic N) is 6. The number of hydrogen-bond acceptors (Lipinski definition) is 5. The van der Waals surface area contributed by atoms with E-state index in [4.69, 9.17) is 4.98 Å². The highest BCUT2D eigenvalue weighted by Gasteiger charge is 2.71. The SMILES string of the molecule is CCc1nc(N2CC3C(C2)C3(F)F)ccc1Cn1cc(C(=O)N[C@@H]2CCc3c2ncn3C)cn1. The molecule has 2 aliphatic carbocycles. The molecule has 6 rings (SSSR count). The number of pyridine rings is 1. The first-order valence-corrected chi connectivity index (χ1v) is 11.8. The molecule has 0 aromatic carbocycles. The van der Waals surface area contributed by atoms with Gasteiger partial charge in [0.25, 0.3) is 11.8 Å². The number of rotatable bonds is 6. The van der Waals surface area contributed by atoms with Crippen LogP contribution in [-0.2, 0) is 26.4 Å². The van der Waals surface area contributed by atoms with Crippen molar-refractivity contribution in [2.75, 3.05) is 18.0 Å². The highest BCUT2D eigenvalue weighted by molar-refractivity contribution is 5.94. The Labute approximate surface area is 196 Å². The van der Waals surface area contributed by atoms with E-state index in [1.54, 1.807) is 23.4 Å². The highest BCUT2D eigenvalue weighted by atomic mass is 19.3. The first-order chi connectivity index (χ1) is 16.3. The summed E-state index contributed by atoms with van der Waals surface area (Å²) in [5.41, 5.74) is 4.54. The molecule has 0 bridgehead atoms. The fraction of sp³-hybridized carbons (Fsp3) is 0.500. The average molecular weight is 468 g/mol. The van der Waals surface area contributed by atoms with E-state index in [-0.39, 0.29) is 11.9 Å². The molecule has 1 amide bonds. The molecule has 3 aromatic heterocycles. The van der Waals surface area contributed by atoms with E-state index in [9.17, 15) is 13.6 Å². The van der Waals surface area contributed by atoms with E-state index in [2.05, 4.69) is 15.4 Å². The molecular formula is C24H27F2N7O. The molecule has 1 aliphatic heterocycles. The Balaban J connectivity index is 1.12. The van der Waals surface area contributed by atoms with E-state index in [1.807, 2.05) is 35.6 Å². The third kappa shape index (κ3) is 3.38. The van der Waals surface area contributed by atoms with Gasteiger partial charge in [0.05, 0.1) is 48.2 Å². The highest BCUT2D eigenvalue weighted by Crippen LogP contribution is 2.59. The minimum absolute atomic E-state index is 0.0768. The van der Waals surface area contributed by atoms with Crippen molar-refractivity contribution in [3.05, 3.63) is 59.1 Å². The number of carbonyl (C=O) groups excluding carboxylic acids is 1. The molecular weight excluding hydrogens is 440 g/mol. The first kappa shape index (κ1) is 21.2. The van der Waals surface area contributed by atoms with Crippen LogP contribution in [0.4, 0.5) is 14.6 Å². The number of piperidine rings is 1. The topological polar surface area (TPSA) is 80.9 Å². The Kier molecular flexibility index (Phi) is 4.76. The summed E-state index contributed by atoms with van der Waals surface area (Å²) >= 11 is 0. The number of hydrogen-bond donors (Lipinski definition) is 1. The van der Waals surface area contributed by atoms with Crippen LogP contribution < -0.4 is 10.2 Å². The quantitative estimate of drug-likeness (QED) is 0.603. The van der Waals surface area contributed by atoms with Crippen LogP contribution in [0.5, 0.6) is 0 Å². The molecule has 0 radical (unpaired) electrons. The average Bonchev–Trinajstić information content (AvgIpc) is 3.46. The van der Waals surface area contributed by atoms with Gasteiger partial charge in [-0.2, -0.15) is 5.10 Å². The lowest BCUT2D eigenvalue weighted by Crippen LogP contribution is -2.28. The van der Waals surface area contributed by atoms with Crippen LogP contribution >= 0.6 is 0 Å². The number of imidazole rings is 1. The summed E-state index contributed by atoms with van der Waals surface area (Å²) in [6.45, 7) is 3.25. The molecule has 34 heavy (non-hydrogen) atoms. The Hall–Kier alpha value is -3.30. The predicted molar refractivity (Wildman–Crippen MR) is 121 cm³/mol. The molecule has 178 valence electrons. The number of halogens is 2. The van der Waals surface area contributed by atoms with E-state index < -0.39 is 17.8 Å². The zero-order chi connectivity index (χ0) is 23.6. The Morgan fingerprint density at radius 3 is 2.82 bits per heavy atom. The van der Waals surface area contributed by atoms with E-state index in [0.29, 0.717) is 25.2 Å². The number of aryl methyl sites for hydroxylation is 2. The predicted octanol–water partition coefficient (Wildman–Crippen LogP) is 2.74. The Morgan fingerprint density at radius 2 is 2.06 bits per heavy atom. The van der Waals surface area contributed by atoms with Gasteiger partial charge in [-0.3, -0.25) is 9.48 Å². The zero-order valence-corrected chi connectivity index (χ0v) is 19.2. The van der Waals surface area contributed by atoms with Gasteiger partial charge in [-0.1, -0.05) is 13.0 Å². The van der Waals surface area contributed by atoms with Crippen LogP contribution in [0.1, 0.15) is 52.4 Å². The monoisotopic (exact) mass is 467 g/mol. The molecule has 1 N–H and O–H groups in total. The van der Waals surface area contributed by atoms with Crippen molar-refractivity contribution >= 4 is 11.7 Å². The molecule has 3 aromatic rings. The first-order valence-electron chi connectivity index (χ1n) is 11.8. The Bertz CT molecular complexity index is 1250. The molecule has 2 unspecified atom stereocenters. The molecule has 0 spiro atoms. The van der Waals surface area contributed by atoms with Crippen LogP contribution in [0.2, 0.25) is 0 Å². The minimum Gasteiger partial charge on any atom is -0.356 e. The van der Waals surface area contributed by atoms with Crippen LogP contribution in [0.3, 0.4) is 0 Å². The van der Waals surface area contributed by atoms with Gasteiger partial charge in [0.1, 0.15) is 5.82 Å². The minimum atomic E-state index is -2.49. The summed E-state index contributed by atoms with van der Waals surface area (Å²) in [4.78, 5) is 24.0. The van der Waals surface area contributed by atoms with Gasteiger partial charge < -0.3 is 14.8 Å². The number of aromatic nitrogens is 5. The standard InChI is InChI=1S/C24H27F2N7O/c1-3-18-14(4-7-21(29-18)32-11-16-17(12-32)24(16,25)26)9-33-10-15(8-28-33)23(34)30-19-5-6-20-22(19)27-13-31(20)2/h4,7-8,10,13,16-17,19H,3,5-6,9,11-12H2,1-2H3,(H,30,34)/t16?,17?,19-/m1/s1. The maximum absolute atomic E-state index is 13.5. The summed E-state index contributed by atoms with van der Waals surface area (Å²) in [5, 5.41) is 7.45. The van der Waals surface area contributed by atoms with Crippen molar-refractivity contribution in [1.82, 2.24) is 29.6 Å². The number of amides is 1. The fourth-order valence-electron chi connectivity index (χ4n) is 5.45. The van der Waals surface area contributed by atoms with Crippen molar-refractivity contribution in [3.63, 3.8) is 0 Å². The Morgan fingerprint density at radius 1 is 1.26 bits per heavy atom. The third-order valence-electron chi connectivity index (χ3n) is 7.54. The number of carbonyl (C=O) groups is 1. The fourth-order valence-corrected chi connectivity index (χ4v) is 5.45. The molecule has 8 nitrogen and oxygen atoms in total. The van der Waals surface area contributed by atoms with Crippen LogP contribution in [0.15, 0.2) is 30.9 Å². The normalized spacial score (nSPS) is 24.2.